The van der Waals surface area contributed by atoms with E-state index in [-0.39, 0.29) is 6.10 Å². The monoisotopic (exact) mass is 222 g/mol. The molecule has 16 heavy (non-hydrogen) atoms. The number of hydrogen-bond donors (Lipinski definition) is 1. The first-order valence-electron chi connectivity index (χ1n) is 5.17. The zero-order valence-electron chi connectivity index (χ0n) is 9.27. The highest BCUT2D eigenvalue weighted by atomic mass is 16.5. The predicted octanol–water partition coefficient (Wildman–Crippen LogP) is 1.22. The molecule has 86 valence electrons. The second kappa shape index (κ2) is 4.14. The Morgan fingerprint density at radius 1 is 1.62 bits per heavy atom. The lowest BCUT2D eigenvalue weighted by atomic mass is 10.0. The van der Waals surface area contributed by atoms with E-state index in [1.54, 1.807) is 12.1 Å². The molecule has 2 rings (SSSR count). The minimum Gasteiger partial charge on any atom is -0.490 e. The summed E-state index contributed by atoms with van der Waals surface area (Å²) >= 11 is 0. The summed E-state index contributed by atoms with van der Waals surface area (Å²) in [5.74, 6) is 0.0824. The molecule has 1 aromatic carbocycles. The van der Waals surface area contributed by atoms with Crippen LogP contribution < -0.4 is 4.74 Å². The number of aliphatic hydroxyl groups is 1. The van der Waals surface area contributed by atoms with Gasteiger partial charge < -0.3 is 14.6 Å². The highest BCUT2D eigenvalue weighted by molar-refractivity contribution is 5.76. The molecule has 2 unspecified atom stereocenters. The number of fused-ring (bicyclic) bond motifs is 1. The molecule has 2 atom stereocenters. The Bertz CT molecular complexity index is 413. The number of methoxy groups -OCH3 is 1. The molecule has 1 aliphatic rings. The normalized spacial score (nSPS) is 19.8. The van der Waals surface area contributed by atoms with Crippen LogP contribution in [0.15, 0.2) is 18.2 Å². The average molecular weight is 222 g/mol. The lowest BCUT2D eigenvalue weighted by molar-refractivity contribution is -0.150. The molecule has 0 saturated carbocycles. The molecule has 0 spiro atoms. The van der Waals surface area contributed by atoms with Crippen LogP contribution in [0.5, 0.6) is 5.75 Å². The van der Waals surface area contributed by atoms with Crippen LogP contribution in [0.2, 0.25) is 0 Å². The fraction of sp³-hybridized carbons (Fsp3) is 0.417. The number of esters is 1. The molecule has 1 aliphatic heterocycles. The van der Waals surface area contributed by atoms with Crippen LogP contribution in [0.3, 0.4) is 0 Å². The maximum absolute atomic E-state index is 11.2. The first kappa shape index (κ1) is 11.0. The van der Waals surface area contributed by atoms with Crippen molar-refractivity contribution in [2.75, 3.05) is 7.11 Å². The van der Waals surface area contributed by atoms with Gasteiger partial charge in [-0.2, -0.15) is 0 Å². The summed E-state index contributed by atoms with van der Waals surface area (Å²) < 4.78 is 10.0. The van der Waals surface area contributed by atoms with Gasteiger partial charge in [-0.05, 0) is 24.1 Å². The summed E-state index contributed by atoms with van der Waals surface area (Å²) in [6.07, 6.45) is -0.223. The van der Waals surface area contributed by atoms with Crippen molar-refractivity contribution in [2.45, 2.75) is 25.6 Å². The first-order valence-corrected chi connectivity index (χ1v) is 5.17. The lowest BCUT2D eigenvalue weighted by Crippen LogP contribution is -2.13. The van der Waals surface area contributed by atoms with Gasteiger partial charge in [-0.1, -0.05) is 12.1 Å². The van der Waals surface area contributed by atoms with Crippen LogP contribution in [0.25, 0.3) is 0 Å². The van der Waals surface area contributed by atoms with Crippen molar-refractivity contribution in [3.63, 3.8) is 0 Å². The molecule has 0 aromatic heterocycles. The van der Waals surface area contributed by atoms with Gasteiger partial charge in [0.15, 0.2) is 6.10 Å². The zero-order valence-corrected chi connectivity index (χ0v) is 9.27. The van der Waals surface area contributed by atoms with Gasteiger partial charge in [0.1, 0.15) is 11.9 Å². The van der Waals surface area contributed by atoms with E-state index < -0.39 is 12.1 Å². The van der Waals surface area contributed by atoms with Crippen molar-refractivity contribution in [3.8, 4) is 5.75 Å². The van der Waals surface area contributed by atoms with E-state index in [2.05, 4.69) is 4.74 Å². The fourth-order valence-corrected chi connectivity index (χ4v) is 1.84. The number of hydrogen-bond acceptors (Lipinski definition) is 4. The van der Waals surface area contributed by atoms with Crippen LogP contribution in [-0.2, 0) is 16.0 Å². The summed E-state index contributed by atoms with van der Waals surface area (Å²) in [5.41, 5.74) is 1.60. The molecule has 0 radical (unpaired) electrons. The number of benzene rings is 1. The highest BCUT2D eigenvalue weighted by Crippen LogP contribution is 2.31. The number of ether oxygens (including phenoxy) is 2. The van der Waals surface area contributed by atoms with Gasteiger partial charge in [0.05, 0.1) is 7.11 Å². The maximum Gasteiger partial charge on any atom is 0.339 e. The van der Waals surface area contributed by atoms with E-state index in [4.69, 9.17) is 4.74 Å². The summed E-state index contributed by atoms with van der Waals surface area (Å²) in [5, 5.41) is 9.66. The van der Waals surface area contributed by atoms with E-state index in [1.807, 2.05) is 13.0 Å². The predicted molar refractivity (Wildman–Crippen MR) is 57.2 cm³/mol. The standard InChI is InChI=1S/C12H14O4/c1-7-5-8-3-4-9(6-10(8)16-7)11(13)12(14)15-2/h3-4,6-7,11,13H,5H2,1-2H3. The number of carbonyl (C=O) groups is 1. The third kappa shape index (κ3) is 1.88. The smallest absolute Gasteiger partial charge is 0.339 e. The number of rotatable bonds is 2. The molecular formula is C12H14O4. The van der Waals surface area contributed by atoms with Crippen molar-refractivity contribution in [1.29, 1.82) is 0 Å². The Balaban J connectivity index is 2.25. The van der Waals surface area contributed by atoms with Gasteiger partial charge in [-0.25, -0.2) is 4.79 Å². The number of aliphatic hydroxyl groups excluding tert-OH is 1. The summed E-state index contributed by atoms with van der Waals surface area (Å²) in [6.45, 7) is 1.98. The van der Waals surface area contributed by atoms with E-state index >= 15 is 0 Å². The van der Waals surface area contributed by atoms with Crippen LogP contribution in [0, 0.1) is 0 Å². The topological polar surface area (TPSA) is 55.8 Å². The van der Waals surface area contributed by atoms with Crippen molar-refractivity contribution >= 4 is 5.97 Å². The Labute approximate surface area is 93.8 Å². The van der Waals surface area contributed by atoms with Gasteiger partial charge in [0, 0.05) is 6.42 Å². The van der Waals surface area contributed by atoms with Gasteiger partial charge in [-0.3, -0.25) is 0 Å². The van der Waals surface area contributed by atoms with Crippen molar-refractivity contribution in [3.05, 3.63) is 29.3 Å². The molecule has 4 nitrogen and oxygen atoms in total. The minimum atomic E-state index is -1.24. The Hall–Kier alpha value is -1.55. The minimum absolute atomic E-state index is 0.153. The Morgan fingerprint density at radius 2 is 2.38 bits per heavy atom. The molecular weight excluding hydrogens is 208 g/mol. The Morgan fingerprint density at radius 3 is 3.06 bits per heavy atom. The molecule has 1 N–H and O–H groups in total. The van der Waals surface area contributed by atoms with Crippen LogP contribution in [0.4, 0.5) is 0 Å². The van der Waals surface area contributed by atoms with Crippen LogP contribution >= 0.6 is 0 Å². The maximum atomic E-state index is 11.2. The fourth-order valence-electron chi connectivity index (χ4n) is 1.84. The lowest BCUT2D eigenvalue weighted by Gasteiger charge is -2.10. The molecule has 4 heteroatoms. The van der Waals surface area contributed by atoms with E-state index in [0.29, 0.717) is 5.56 Å². The van der Waals surface area contributed by atoms with E-state index in [1.165, 1.54) is 7.11 Å². The van der Waals surface area contributed by atoms with Gasteiger partial charge >= 0.3 is 5.97 Å². The summed E-state index contributed by atoms with van der Waals surface area (Å²) in [7, 11) is 1.25. The summed E-state index contributed by atoms with van der Waals surface area (Å²) in [4.78, 5) is 11.2. The van der Waals surface area contributed by atoms with Crippen molar-refractivity contribution in [2.24, 2.45) is 0 Å². The van der Waals surface area contributed by atoms with Crippen molar-refractivity contribution < 1.29 is 19.4 Å². The molecule has 0 amide bonds. The van der Waals surface area contributed by atoms with Crippen LogP contribution in [-0.4, -0.2) is 24.3 Å². The third-order valence-corrected chi connectivity index (χ3v) is 2.67. The van der Waals surface area contributed by atoms with Gasteiger partial charge in [0.2, 0.25) is 0 Å². The molecule has 0 fully saturated rings. The second-order valence-electron chi connectivity index (χ2n) is 3.93. The Kier molecular flexibility index (Phi) is 2.83. The third-order valence-electron chi connectivity index (χ3n) is 2.67. The molecule has 1 aromatic rings. The quantitative estimate of drug-likeness (QED) is 0.764. The molecule has 0 saturated heterocycles. The SMILES string of the molecule is COC(=O)C(O)c1ccc2c(c1)OC(C)C2. The first-order chi connectivity index (χ1) is 7.61. The summed E-state index contributed by atoms with van der Waals surface area (Å²) in [6, 6.07) is 5.29. The number of carbonyl (C=O) groups excluding carboxylic acids is 1. The van der Waals surface area contributed by atoms with Crippen molar-refractivity contribution in [1.82, 2.24) is 0 Å². The molecule has 1 heterocycles. The molecule has 0 bridgehead atoms. The van der Waals surface area contributed by atoms with E-state index in [9.17, 15) is 9.90 Å². The molecule has 0 aliphatic carbocycles. The van der Waals surface area contributed by atoms with E-state index in [0.717, 1.165) is 17.7 Å². The van der Waals surface area contributed by atoms with Gasteiger partial charge in [-0.15, -0.1) is 0 Å². The van der Waals surface area contributed by atoms with Crippen LogP contribution in [0.1, 0.15) is 24.2 Å². The largest absolute Gasteiger partial charge is 0.490 e. The zero-order chi connectivity index (χ0) is 11.7. The average Bonchev–Trinajstić information content (AvgIpc) is 2.65. The van der Waals surface area contributed by atoms with Gasteiger partial charge in [0.25, 0.3) is 0 Å². The highest BCUT2D eigenvalue weighted by Gasteiger charge is 2.23. The second-order valence-corrected chi connectivity index (χ2v) is 3.93.